The third kappa shape index (κ3) is 5.58. The average molecular weight is 306 g/mol. The van der Waals surface area contributed by atoms with Gasteiger partial charge in [-0.05, 0) is 45.6 Å². The molecule has 1 rings (SSSR count). The van der Waals surface area contributed by atoms with Crippen LogP contribution < -0.4 is 4.74 Å². The zero-order valence-corrected chi connectivity index (χ0v) is 11.8. The summed E-state index contributed by atoms with van der Waals surface area (Å²) >= 11 is 0. The quantitative estimate of drug-likeness (QED) is 0.440. The molecule has 0 N–H and O–H groups in total. The highest BCUT2D eigenvalue weighted by Gasteiger charge is 2.33. The fourth-order valence-corrected chi connectivity index (χ4v) is 1.67. The van der Waals surface area contributed by atoms with Crippen LogP contribution >= 0.6 is 0 Å². The molecule has 1 aromatic carbocycles. The van der Waals surface area contributed by atoms with Crippen molar-refractivity contribution in [2.45, 2.75) is 19.0 Å². The number of halogens is 3. The Bertz CT molecular complexity index is 490. The molecule has 5 nitrogen and oxygen atoms in total. The first-order chi connectivity index (χ1) is 9.71. The first-order valence-electron chi connectivity index (χ1n) is 6.35. The monoisotopic (exact) mass is 306 g/mol. The Morgan fingerprint density at radius 3 is 2.48 bits per heavy atom. The van der Waals surface area contributed by atoms with E-state index < -0.39 is 22.4 Å². The van der Waals surface area contributed by atoms with Gasteiger partial charge in [-0.15, -0.1) is 0 Å². The van der Waals surface area contributed by atoms with E-state index in [0.717, 1.165) is 25.1 Å². The van der Waals surface area contributed by atoms with Crippen LogP contribution in [0.1, 0.15) is 18.4 Å². The molecule has 0 bridgehead atoms. The average Bonchev–Trinajstić information content (AvgIpc) is 2.36. The lowest BCUT2D eigenvalue weighted by atomic mass is 10.2. The summed E-state index contributed by atoms with van der Waals surface area (Å²) in [5.74, 6) is -0.141. The lowest BCUT2D eigenvalue weighted by Crippen LogP contribution is -2.14. The summed E-state index contributed by atoms with van der Waals surface area (Å²) in [5, 5.41) is 10.8. The lowest BCUT2D eigenvalue weighted by molar-refractivity contribution is -0.386. The van der Waals surface area contributed by atoms with Crippen molar-refractivity contribution >= 4 is 5.69 Å². The molecule has 0 unspecified atom stereocenters. The van der Waals surface area contributed by atoms with Gasteiger partial charge in [0.15, 0.2) is 5.75 Å². The Hall–Kier alpha value is -1.83. The molecule has 0 aliphatic carbocycles. The maximum absolute atomic E-state index is 12.5. The van der Waals surface area contributed by atoms with Crippen molar-refractivity contribution in [3.8, 4) is 5.75 Å². The van der Waals surface area contributed by atoms with Gasteiger partial charge in [-0.2, -0.15) is 13.2 Å². The van der Waals surface area contributed by atoms with E-state index in [4.69, 9.17) is 4.74 Å². The van der Waals surface area contributed by atoms with Crippen molar-refractivity contribution < 1.29 is 22.8 Å². The predicted molar refractivity (Wildman–Crippen MR) is 71.4 cm³/mol. The van der Waals surface area contributed by atoms with E-state index in [1.165, 1.54) is 0 Å². The van der Waals surface area contributed by atoms with Gasteiger partial charge in [0.25, 0.3) is 0 Å². The standard InChI is InChI=1S/C13H17F3N2O3/c1-17(2)7-3-4-8-21-12-6-5-10(13(14,15)16)9-11(12)18(19)20/h5-6,9H,3-4,7-8H2,1-2H3. The second-order valence-corrected chi connectivity index (χ2v) is 4.80. The molecule has 0 radical (unpaired) electrons. The van der Waals surface area contributed by atoms with E-state index >= 15 is 0 Å². The van der Waals surface area contributed by atoms with Crippen LogP contribution in [0.3, 0.4) is 0 Å². The molecule has 0 aromatic heterocycles. The van der Waals surface area contributed by atoms with Crippen molar-refractivity contribution in [3.63, 3.8) is 0 Å². The fraction of sp³-hybridized carbons (Fsp3) is 0.538. The Kier molecular flexibility index (Phi) is 5.95. The van der Waals surface area contributed by atoms with Crippen molar-refractivity contribution in [1.82, 2.24) is 4.90 Å². The van der Waals surface area contributed by atoms with Gasteiger partial charge in [-0.1, -0.05) is 0 Å². The minimum absolute atomic E-state index is 0.141. The summed E-state index contributed by atoms with van der Waals surface area (Å²) < 4.78 is 42.8. The number of alkyl halides is 3. The molecule has 0 saturated carbocycles. The van der Waals surface area contributed by atoms with Crippen LogP contribution in [0.5, 0.6) is 5.75 Å². The zero-order chi connectivity index (χ0) is 16.0. The first kappa shape index (κ1) is 17.2. The summed E-state index contributed by atoms with van der Waals surface area (Å²) in [6.45, 7) is 1.07. The molecular formula is C13H17F3N2O3. The highest BCUT2D eigenvalue weighted by Crippen LogP contribution is 2.36. The van der Waals surface area contributed by atoms with E-state index in [2.05, 4.69) is 0 Å². The normalized spacial score (nSPS) is 11.7. The summed E-state index contributed by atoms with van der Waals surface area (Å²) in [6.07, 6.45) is -3.12. The van der Waals surface area contributed by atoms with Crippen LogP contribution in [0.4, 0.5) is 18.9 Å². The second-order valence-electron chi connectivity index (χ2n) is 4.80. The SMILES string of the molecule is CN(C)CCCCOc1ccc(C(F)(F)F)cc1[N+](=O)[O-]. The second kappa shape index (κ2) is 7.26. The largest absolute Gasteiger partial charge is 0.487 e. The van der Waals surface area contributed by atoms with E-state index in [9.17, 15) is 23.3 Å². The molecule has 118 valence electrons. The molecular weight excluding hydrogens is 289 g/mol. The van der Waals surface area contributed by atoms with E-state index in [1.54, 1.807) is 0 Å². The smallest absolute Gasteiger partial charge is 0.416 e. The van der Waals surface area contributed by atoms with Crippen molar-refractivity contribution in [2.24, 2.45) is 0 Å². The number of hydrogen-bond donors (Lipinski definition) is 0. The van der Waals surface area contributed by atoms with Gasteiger partial charge >= 0.3 is 11.9 Å². The summed E-state index contributed by atoms with van der Waals surface area (Å²) in [7, 11) is 3.84. The van der Waals surface area contributed by atoms with Gasteiger partial charge < -0.3 is 9.64 Å². The first-order valence-corrected chi connectivity index (χ1v) is 6.35. The van der Waals surface area contributed by atoms with Crippen LogP contribution in [0.15, 0.2) is 18.2 Å². The van der Waals surface area contributed by atoms with Gasteiger partial charge in [0.2, 0.25) is 0 Å². The molecule has 0 fully saturated rings. The van der Waals surface area contributed by atoms with E-state index in [-0.39, 0.29) is 12.4 Å². The molecule has 0 aliphatic rings. The minimum Gasteiger partial charge on any atom is -0.487 e. The lowest BCUT2D eigenvalue weighted by Gasteiger charge is -2.11. The molecule has 21 heavy (non-hydrogen) atoms. The topological polar surface area (TPSA) is 55.6 Å². The van der Waals surface area contributed by atoms with Gasteiger partial charge in [0, 0.05) is 6.07 Å². The third-order valence-electron chi connectivity index (χ3n) is 2.74. The molecule has 0 aliphatic heterocycles. The molecule has 0 amide bonds. The number of unbranched alkanes of at least 4 members (excludes halogenated alkanes) is 1. The van der Waals surface area contributed by atoms with Crippen LogP contribution in [0.2, 0.25) is 0 Å². The number of ether oxygens (including phenoxy) is 1. The number of rotatable bonds is 7. The molecule has 0 saturated heterocycles. The van der Waals surface area contributed by atoms with Gasteiger partial charge in [-0.25, -0.2) is 0 Å². The number of nitro benzene ring substituents is 1. The van der Waals surface area contributed by atoms with E-state index in [0.29, 0.717) is 12.5 Å². The summed E-state index contributed by atoms with van der Waals surface area (Å²) in [5.41, 5.74) is -1.73. The van der Waals surface area contributed by atoms with E-state index in [1.807, 2.05) is 19.0 Å². The third-order valence-corrected chi connectivity index (χ3v) is 2.74. The van der Waals surface area contributed by atoms with Crippen LogP contribution in [-0.2, 0) is 6.18 Å². The highest BCUT2D eigenvalue weighted by molar-refractivity contribution is 5.49. The number of benzene rings is 1. The van der Waals surface area contributed by atoms with Gasteiger partial charge in [0.05, 0.1) is 17.1 Å². The number of hydrogen-bond acceptors (Lipinski definition) is 4. The molecule has 0 spiro atoms. The Labute approximate surface area is 120 Å². The molecule has 0 heterocycles. The van der Waals surface area contributed by atoms with Gasteiger partial charge in [-0.3, -0.25) is 10.1 Å². The van der Waals surface area contributed by atoms with Crippen molar-refractivity contribution in [1.29, 1.82) is 0 Å². The van der Waals surface area contributed by atoms with Crippen LogP contribution in [-0.4, -0.2) is 37.1 Å². The maximum Gasteiger partial charge on any atom is 0.416 e. The van der Waals surface area contributed by atoms with Crippen LogP contribution in [0.25, 0.3) is 0 Å². The summed E-state index contributed by atoms with van der Waals surface area (Å²) in [4.78, 5) is 11.9. The van der Waals surface area contributed by atoms with Crippen molar-refractivity contribution in [2.75, 3.05) is 27.2 Å². The Balaban J connectivity index is 2.72. The maximum atomic E-state index is 12.5. The molecule has 0 atom stereocenters. The zero-order valence-electron chi connectivity index (χ0n) is 11.8. The highest BCUT2D eigenvalue weighted by atomic mass is 19.4. The Morgan fingerprint density at radius 2 is 1.95 bits per heavy atom. The number of nitro groups is 1. The summed E-state index contributed by atoms with van der Waals surface area (Å²) in [6, 6.07) is 2.27. The van der Waals surface area contributed by atoms with Crippen LogP contribution in [0, 0.1) is 10.1 Å². The predicted octanol–water partition coefficient (Wildman–Crippen LogP) is 3.33. The number of nitrogens with zero attached hydrogens (tertiary/aromatic N) is 2. The minimum atomic E-state index is -4.62. The fourth-order valence-electron chi connectivity index (χ4n) is 1.67. The molecule has 8 heteroatoms. The Morgan fingerprint density at radius 1 is 1.29 bits per heavy atom. The van der Waals surface area contributed by atoms with Crippen molar-refractivity contribution in [3.05, 3.63) is 33.9 Å². The molecule has 1 aromatic rings. The van der Waals surface area contributed by atoms with Gasteiger partial charge in [0.1, 0.15) is 0 Å².